The van der Waals surface area contributed by atoms with Gasteiger partial charge in [0.1, 0.15) is 0 Å². The van der Waals surface area contributed by atoms with Gasteiger partial charge in [0.15, 0.2) is 0 Å². The molecule has 0 fully saturated rings. The van der Waals surface area contributed by atoms with Crippen molar-refractivity contribution >= 4 is 101 Å². The zero-order valence-corrected chi connectivity index (χ0v) is 34.3. The van der Waals surface area contributed by atoms with Crippen LogP contribution in [0.25, 0.3) is 55.0 Å². The Hall–Kier alpha value is -7.49. The first-order valence-corrected chi connectivity index (χ1v) is 20.0. The van der Waals surface area contributed by atoms with E-state index in [2.05, 4.69) is 0 Å². The van der Waals surface area contributed by atoms with Crippen LogP contribution < -0.4 is 26.2 Å². The van der Waals surface area contributed by atoms with Gasteiger partial charge in [-0.25, -0.2) is 0 Å². The minimum absolute atomic E-state index is 0.0300. The van der Waals surface area contributed by atoms with Crippen LogP contribution in [0.3, 0.4) is 0 Å². The Kier molecular flexibility index (Phi) is 3.69. The highest BCUT2D eigenvalue weighted by Crippen LogP contribution is 2.52. The molecule has 63 heavy (non-hydrogen) atoms. The highest BCUT2D eigenvalue weighted by atomic mass is 15.2. The molecule has 0 saturated carbocycles. The molecule has 8 aromatic carbocycles. The molecule has 0 saturated heterocycles. The van der Waals surface area contributed by atoms with Gasteiger partial charge in [-0.2, -0.15) is 5.26 Å². The van der Waals surface area contributed by atoms with E-state index in [0.717, 1.165) is 18.9 Å². The first kappa shape index (κ1) is 18.9. The van der Waals surface area contributed by atoms with E-state index < -0.39 is 247 Å². The average Bonchev–Trinajstić information content (AvgIpc) is 1.64. The summed E-state index contributed by atoms with van der Waals surface area (Å²) in [5.74, 6) is 0. The maximum absolute atomic E-state index is 11.2. The van der Waals surface area contributed by atoms with Gasteiger partial charge in [0, 0.05) is 50.0 Å². The summed E-state index contributed by atoms with van der Waals surface area (Å²) in [7, 11) is 0. The average molecular weight is 836 g/mol. The number of nitriles is 1. The Morgan fingerprint density at radius 1 is 0.476 bits per heavy atom. The Morgan fingerprint density at radius 2 is 1.10 bits per heavy atom. The van der Waals surface area contributed by atoms with Gasteiger partial charge in [0.2, 0.25) is 0 Å². The molecular weight excluding hydrogens is 765 g/mol. The van der Waals surface area contributed by atoms with E-state index in [1.165, 1.54) is 0 Å². The molecule has 3 aliphatic heterocycles. The number of hydrogen-bond donors (Lipinski definition) is 0. The minimum atomic E-state index is -1.98. The van der Waals surface area contributed by atoms with Gasteiger partial charge in [0.25, 0.3) is 6.71 Å². The summed E-state index contributed by atoms with van der Waals surface area (Å²) in [6.07, 6.45) is 0. The summed E-state index contributed by atoms with van der Waals surface area (Å²) in [6, 6.07) is -18.8. The minimum Gasteiger partial charge on any atom is -0.311 e. The van der Waals surface area contributed by atoms with Gasteiger partial charge in [0.05, 0.1) is 86.4 Å². The first-order chi connectivity index (χ1) is 41.4. The predicted octanol–water partition coefficient (Wildman–Crippen LogP) is 12.7. The molecule has 0 aliphatic carbocycles. The third-order valence-corrected chi connectivity index (χ3v) is 11.9. The summed E-state index contributed by atoms with van der Waals surface area (Å²) >= 11 is 0. The van der Waals surface area contributed by atoms with Crippen LogP contribution in [-0.2, 0) is 10.8 Å². The van der Waals surface area contributed by atoms with Crippen molar-refractivity contribution in [1.29, 1.82) is 5.26 Å². The molecule has 13 rings (SSSR count). The quantitative estimate of drug-likeness (QED) is 0.163. The van der Waals surface area contributed by atoms with E-state index in [1.807, 2.05) is 6.07 Å². The molecule has 5 heterocycles. The SMILES string of the molecule is [2H]c1c([2H])c([2H])c(N2c3c([2H])c(-n4c5c([2H])c([2H])c(C(C)(C)C)c([2H])c5c5c([2H])c(C(C)(C)C)c([2H])c([2H])c54)c([2H])c([2H])c3B3c4c2c([2H])c(C#N)c([2H])c4N2c4c3c([2H])c([2H])c([2H])c4-n3c4c([2H])c([2H])c([2H])c([2H])c4c4c([2H])c([2H])c([2H])c2c43)c([2H])c1[2H]. The van der Waals surface area contributed by atoms with E-state index >= 15 is 0 Å². The van der Waals surface area contributed by atoms with Crippen LogP contribution in [-0.4, -0.2) is 15.8 Å². The second kappa shape index (κ2) is 12.3. The molecule has 5 nitrogen and oxygen atoms in total. The fourth-order valence-electron chi connectivity index (χ4n) is 9.07. The van der Waals surface area contributed by atoms with Gasteiger partial charge < -0.3 is 18.9 Å². The molecule has 2 aromatic heterocycles. The fourth-order valence-corrected chi connectivity index (χ4v) is 9.07. The second-order valence-corrected chi connectivity index (χ2v) is 17.7. The van der Waals surface area contributed by atoms with Crippen LogP contribution in [0.4, 0.5) is 34.1 Å². The summed E-state index contributed by atoms with van der Waals surface area (Å²) in [4.78, 5) is 1.86. The first-order valence-electron chi connectivity index (χ1n) is 33.0. The smallest absolute Gasteiger partial charge is 0.252 e. The maximum Gasteiger partial charge on any atom is 0.252 e. The summed E-state index contributed by atoms with van der Waals surface area (Å²) < 4.78 is 252. The van der Waals surface area contributed by atoms with Crippen molar-refractivity contribution in [3.8, 4) is 17.4 Å². The number of para-hydroxylation sites is 4. The molecule has 0 amide bonds. The Bertz CT molecular complexity index is 5100. The van der Waals surface area contributed by atoms with E-state index in [-0.39, 0.29) is 50.3 Å². The monoisotopic (exact) mass is 836 g/mol. The lowest BCUT2D eigenvalue weighted by molar-refractivity contribution is 0.590. The van der Waals surface area contributed by atoms with E-state index in [1.54, 1.807) is 41.5 Å². The standard InChI is InChI=1S/C57H44BN5/c1-56(2,3)35-22-26-46-41(30-35)42-31-36(57(4,5)6)23-27-47(42)61(46)38-24-25-43-50(32-38)60(37-14-8-7-9-15-37)51-28-34(33-59)29-52-53(51)58(43)44-18-13-21-49-55(44)63(52)48-20-12-17-40-39-16-10-11-19-45(39)62(49)54(40)48/h7-32H,1-6H3/i7D,8D,9D,10D,11D,12D,13D,14D,15D,16D,17D,18D,19D,20D,21D,22D,23D,24D,25D,26D,27D,28D,29D,30D,31D,32D. The number of rotatable bonds is 2. The number of aromatic nitrogens is 2. The molecule has 0 bridgehead atoms. The van der Waals surface area contributed by atoms with Crippen molar-refractivity contribution in [3.63, 3.8) is 0 Å². The predicted molar refractivity (Wildman–Crippen MR) is 265 cm³/mol. The second-order valence-electron chi connectivity index (χ2n) is 17.7. The van der Waals surface area contributed by atoms with E-state index in [4.69, 9.17) is 6.85 Å². The Labute approximate surface area is 404 Å². The molecule has 10 aromatic rings. The number of hydrogen-bond acceptors (Lipinski definition) is 3. The van der Waals surface area contributed by atoms with Crippen molar-refractivity contribution in [1.82, 2.24) is 9.13 Å². The summed E-state index contributed by atoms with van der Waals surface area (Å²) in [5, 5.41) is 10.1. The van der Waals surface area contributed by atoms with Crippen molar-refractivity contribution in [2.75, 3.05) is 9.80 Å². The third-order valence-electron chi connectivity index (χ3n) is 11.9. The molecule has 0 unspecified atom stereocenters. The Morgan fingerprint density at radius 3 is 1.79 bits per heavy atom. The molecule has 6 heteroatoms. The Balaban J connectivity index is 1.33. The van der Waals surface area contributed by atoms with Crippen LogP contribution in [0.5, 0.6) is 0 Å². The molecule has 3 aliphatic rings. The van der Waals surface area contributed by atoms with Crippen molar-refractivity contribution in [2.24, 2.45) is 0 Å². The largest absolute Gasteiger partial charge is 0.311 e. The van der Waals surface area contributed by atoms with Crippen molar-refractivity contribution < 1.29 is 35.6 Å². The van der Waals surface area contributed by atoms with Crippen molar-refractivity contribution in [3.05, 3.63) is 174 Å². The molecular formula is C57H44BN5. The zero-order chi connectivity index (χ0) is 65.3. The van der Waals surface area contributed by atoms with Gasteiger partial charge in [-0.3, -0.25) is 0 Å². The summed E-state index contributed by atoms with van der Waals surface area (Å²) in [6.45, 7) is 8.18. The van der Waals surface area contributed by atoms with E-state index in [9.17, 15) is 34.0 Å². The molecule has 0 radical (unpaired) electrons. The normalized spacial score (nSPS) is 19.5. The molecule has 0 N–H and O–H groups in total. The van der Waals surface area contributed by atoms with Gasteiger partial charge in [-0.05, 0) is 117 Å². The lowest BCUT2D eigenvalue weighted by atomic mass is 9.33. The van der Waals surface area contributed by atoms with Gasteiger partial charge in [-0.1, -0.05) is 120 Å². The van der Waals surface area contributed by atoms with Gasteiger partial charge in [-0.15, -0.1) is 0 Å². The van der Waals surface area contributed by atoms with Crippen LogP contribution >= 0.6 is 0 Å². The van der Waals surface area contributed by atoms with Crippen LogP contribution in [0.2, 0.25) is 0 Å². The number of benzene rings is 8. The number of fused-ring (bicyclic) bond motifs is 12. The van der Waals surface area contributed by atoms with Gasteiger partial charge >= 0.3 is 0 Å². The topological polar surface area (TPSA) is 40.1 Å². The number of nitrogens with zero attached hydrogens (tertiary/aromatic N) is 5. The maximum atomic E-state index is 11.2. The number of anilines is 6. The third kappa shape index (κ3) is 4.83. The lowest BCUT2D eigenvalue weighted by Crippen LogP contribution is -2.61. The highest BCUT2D eigenvalue weighted by molar-refractivity contribution is 7.00. The van der Waals surface area contributed by atoms with Crippen LogP contribution in [0.15, 0.2) is 157 Å². The summed E-state index contributed by atoms with van der Waals surface area (Å²) in [5.41, 5.74) is -10.9. The van der Waals surface area contributed by atoms with E-state index in [0.29, 0.717) is 0 Å². The van der Waals surface area contributed by atoms with Crippen molar-refractivity contribution in [2.45, 2.75) is 52.4 Å². The molecule has 300 valence electrons. The molecule has 0 atom stereocenters. The molecule has 0 spiro atoms. The zero-order valence-electron chi connectivity index (χ0n) is 60.3. The van der Waals surface area contributed by atoms with Crippen LogP contribution in [0, 0.1) is 11.3 Å². The highest BCUT2D eigenvalue weighted by Gasteiger charge is 2.46. The fraction of sp³-hybridized carbons (Fsp3) is 0.140. The van der Waals surface area contributed by atoms with Crippen LogP contribution in [0.1, 0.15) is 93.9 Å². The lowest BCUT2D eigenvalue weighted by Gasteiger charge is -2.46.